The zero-order valence-electron chi connectivity index (χ0n) is 15.5. The van der Waals surface area contributed by atoms with Crippen LogP contribution in [0.5, 0.6) is 5.75 Å². The van der Waals surface area contributed by atoms with Crippen LogP contribution in [0.1, 0.15) is 37.0 Å². The highest BCUT2D eigenvalue weighted by Crippen LogP contribution is 2.42. The number of ether oxygens (including phenoxy) is 1. The quantitative estimate of drug-likeness (QED) is 0.608. The largest absolute Gasteiger partial charge is 0.476 e. The van der Waals surface area contributed by atoms with E-state index in [0.29, 0.717) is 0 Å². The minimum atomic E-state index is -4.54. The van der Waals surface area contributed by atoms with Crippen molar-refractivity contribution in [3.8, 4) is 17.0 Å². The maximum Gasteiger partial charge on any atom is 0.394 e. The summed E-state index contributed by atoms with van der Waals surface area (Å²) in [6, 6.07) is 0.957. The summed E-state index contributed by atoms with van der Waals surface area (Å²) in [7, 11) is 0. The van der Waals surface area contributed by atoms with Gasteiger partial charge in [-0.1, -0.05) is 25.4 Å². The molecule has 2 aromatic rings. The molecule has 0 aromatic carbocycles. The van der Waals surface area contributed by atoms with Crippen LogP contribution in [0.15, 0.2) is 12.3 Å². The van der Waals surface area contributed by atoms with Gasteiger partial charge < -0.3 is 9.84 Å². The van der Waals surface area contributed by atoms with Crippen molar-refractivity contribution in [2.75, 3.05) is 0 Å². The molecule has 29 heavy (non-hydrogen) atoms. The number of hydrogen-bond donors (Lipinski definition) is 1. The summed E-state index contributed by atoms with van der Waals surface area (Å²) in [4.78, 5) is 15.2. The van der Waals surface area contributed by atoms with E-state index in [4.69, 9.17) is 11.6 Å². The van der Waals surface area contributed by atoms with Crippen LogP contribution in [0.3, 0.4) is 0 Å². The van der Waals surface area contributed by atoms with Gasteiger partial charge >= 0.3 is 18.8 Å². The van der Waals surface area contributed by atoms with Crippen molar-refractivity contribution in [1.82, 2.24) is 14.8 Å². The van der Waals surface area contributed by atoms with Gasteiger partial charge in [0, 0.05) is 30.9 Å². The van der Waals surface area contributed by atoms with Gasteiger partial charge in [-0.15, -0.1) is 0 Å². The average molecular weight is 442 g/mol. The SMILES string of the molecule is CCn1nc(C(=O)O)c(Cl)c1-c1cnc(CC(C)(C)C(F)(F)F)cc1OC(F)F. The van der Waals surface area contributed by atoms with E-state index in [1.165, 1.54) is 0 Å². The van der Waals surface area contributed by atoms with E-state index in [2.05, 4.69) is 14.8 Å². The summed E-state index contributed by atoms with van der Waals surface area (Å²) < 4.78 is 70.9. The Hall–Kier alpha value is -2.43. The number of aromatic nitrogens is 3. The van der Waals surface area contributed by atoms with Crippen molar-refractivity contribution in [1.29, 1.82) is 0 Å². The molecule has 0 amide bonds. The molecule has 12 heteroatoms. The summed E-state index contributed by atoms with van der Waals surface area (Å²) in [6.45, 7) is 0.380. The molecule has 2 aromatic heterocycles. The zero-order chi connectivity index (χ0) is 22.1. The number of nitrogens with zero attached hydrogens (tertiary/aromatic N) is 3. The Labute approximate surface area is 167 Å². The number of alkyl halides is 5. The third-order valence-corrected chi connectivity index (χ3v) is 4.54. The lowest BCUT2D eigenvalue weighted by Crippen LogP contribution is -2.34. The van der Waals surface area contributed by atoms with E-state index in [0.717, 1.165) is 30.8 Å². The Kier molecular flexibility index (Phi) is 6.41. The fourth-order valence-corrected chi connectivity index (χ4v) is 2.88. The second-order valence-corrected chi connectivity index (χ2v) is 7.12. The summed E-state index contributed by atoms with van der Waals surface area (Å²) in [5, 5.41) is 12.6. The van der Waals surface area contributed by atoms with E-state index in [9.17, 15) is 31.9 Å². The number of carboxylic acids is 1. The van der Waals surface area contributed by atoms with Crippen LogP contribution in [-0.4, -0.2) is 38.6 Å². The summed E-state index contributed by atoms with van der Waals surface area (Å²) in [5.74, 6) is -1.92. The molecule has 1 N–H and O–H groups in total. The van der Waals surface area contributed by atoms with Gasteiger partial charge in [0.25, 0.3) is 0 Å². The number of pyridine rings is 1. The van der Waals surface area contributed by atoms with Gasteiger partial charge in [-0.2, -0.15) is 27.1 Å². The Morgan fingerprint density at radius 1 is 1.34 bits per heavy atom. The molecule has 6 nitrogen and oxygen atoms in total. The van der Waals surface area contributed by atoms with Crippen molar-refractivity contribution in [3.05, 3.63) is 28.7 Å². The molecule has 2 rings (SSSR count). The molecule has 0 aliphatic carbocycles. The van der Waals surface area contributed by atoms with Gasteiger partial charge in [0.1, 0.15) is 10.8 Å². The normalized spacial score (nSPS) is 12.5. The Balaban J connectivity index is 2.61. The lowest BCUT2D eigenvalue weighted by Gasteiger charge is -2.27. The van der Waals surface area contributed by atoms with Crippen LogP contribution in [0.4, 0.5) is 22.0 Å². The fourth-order valence-electron chi connectivity index (χ4n) is 2.56. The van der Waals surface area contributed by atoms with E-state index < -0.39 is 42.0 Å². The molecule has 0 aliphatic rings. The van der Waals surface area contributed by atoms with E-state index in [1.807, 2.05) is 0 Å². The van der Waals surface area contributed by atoms with Crippen molar-refractivity contribution >= 4 is 17.6 Å². The Morgan fingerprint density at radius 3 is 2.45 bits per heavy atom. The van der Waals surface area contributed by atoms with Crippen LogP contribution in [0.2, 0.25) is 5.02 Å². The van der Waals surface area contributed by atoms with Gasteiger partial charge in [-0.3, -0.25) is 9.67 Å². The highest BCUT2D eigenvalue weighted by Gasteiger charge is 2.47. The summed E-state index contributed by atoms with van der Waals surface area (Å²) >= 11 is 6.07. The van der Waals surface area contributed by atoms with Crippen molar-refractivity contribution < 1.29 is 36.6 Å². The topological polar surface area (TPSA) is 77.2 Å². The molecule has 2 heterocycles. The molecule has 0 aliphatic heterocycles. The summed E-state index contributed by atoms with van der Waals surface area (Å²) in [6.07, 6.45) is -4.12. The number of aryl methyl sites for hydroxylation is 1. The number of rotatable bonds is 7. The lowest BCUT2D eigenvalue weighted by atomic mass is 9.86. The Bertz CT molecular complexity index is 912. The lowest BCUT2D eigenvalue weighted by molar-refractivity contribution is -0.211. The Morgan fingerprint density at radius 2 is 1.97 bits per heavy atom. The molecular weight excluding hydrogens is 425 g/mol. The maximum atomic E-state index is 13.1. The first-order chi connectivity index (χ1) is 13.3. The second kappa shape index (κ2) is 8.13. The van der Waals surface area contributed by atoms with Crippen LogP contribution in [-0.2, 0) is 13.0 Å². The molecular formula is C17H17ClF5N3O3. The minimum Gasteiger partial charge on any atom is -0.476 e. The predicted molar refractivity (Wildman–Crippen MR) is 93.3 cm³/mol. The molecule has 0 bridgehead atoms. The van der Waals surface area contributed by atoms with E-state index in [1.54, 1.807) is 6.92 Å². The molecule has 0 fully saturated rings. The maximum absolute atomic E-state index is 13.1. The molecule has 0 unspecified atom stereocenters. The first-order valence-electron chi connectivity index (χ1n) is 8.29. The third kappa shape index (κ3) is 4.77. The molecule has 0 radical (unpaired) electrons. The summed E-state index contributed by atoms with van der Waals surface area (Å²) in [5.41, 5.74) is -2.97. The molecule has 0 atom stereocenters. The van der Waals surface area contributed by atoms with Crippen LogP contribution in [0, 0.1) is 5.41 Å². The van der Waals surface area contributed by atoms with Crippen molar-refractivity contribution in [2.45, 2.75) is 46.5 Å². The van der Waals surface area contributed by atoms with E-state index >= 15 is 0 Å². The smallest absolute Gasteiger partial charge is 0.394 e. The van der Waals surface area contributed by atoms with Gasteiger partial charge in [0.2, 0.25) is 0 Å². The van der Waals surface area contributed by atoms with Gasteiger partial charge in [0.05, 0.1) is 16.7 Å². The molecule has 0 saturated carbocycles. The number of aromatic carboxylic acids is 1. The molecule has 0 spiro atoms. The van der Waals surface area contributed by atoms with Crippen LogP contribution < -0.4 is 4.74 Å². The van der Waals surface area contributed by atoms with Crippen LogP contribution >= 0.6 is 11.6 Å². The van der Waals surface area contributed by atoms with Gasteiger partial charge in [0.15, 0.2) is 5.69 Å². The second-order valence-electron chi connectivity index (χ2n) is 6.74. The highest BCUT2D eigenvalue weighted by atomic mass is 35.5. The zero-order valence-corrected chi connectivity index (χ0v) is 16.3. The fraction of sp³-hybridized carbons (Fsp3) is 0.471. The number of carbonyl (C=O) groups is 1. The highest BCUT2D eigenvalue weighted by molar-refractivity contribution is 6.35. The number of carboxylic acid groups (broad SMARTS) is 1. The van der Waals surface area contributed by atoms with Crippen LogP contribution in [0.25, 0.3) is 11.3 Å². The first kappa shape index (κ1) is 22.9. The van der Waals surface area contributed by atoms with Crippen molar-refractivity contribution in [3.63, 3.8) is 0 Å². The number of hydrogen-bond acceptors (Lipinski definition) is 4. The van der Waals surface area contributed by atoms with Gasteiger partial charge in [-0.25, -0.2) is 4.79 Å². The standard InChI is InChI=1S/C17H17ClF5N3O3/c1-4-26-13(11(18)12(25-26)14(27)28)9-7-24-8(5-10(9)29-15(19)20)6-16(2,3)17(21,22)23/h5,7,15H,4,6H2,1-3H3,(H,27,28). The monoisotopic (exact) mass is 441 g/mol. The average Bonchev–Trinajstić information content (AvgIpc) is 2.90. The minimum absolute atomic E-state index is 0.0450. The third-order valence-electron chi connectivity index (χ3n) is 4.18. The molecule has 160 valence electrons. The number of halogens is 6. The van der Waals surface area contributed by atoms with Crippen molar-refractivity contribution in [2.24, 2.45) is 5.41 Å². The van der Waals surface area contributed by atoms with E-state index in [-0.39, 0.29) is 28.5 Å². The predicted octanol–water partition coefficient (Wildman–Crippen LogP) is 5.05. The first-order valence-corrected chi connectivity index (χ1v) is 8.66. The molecule has 0 saturated heterocycles. The van der Waals surface area contributed by atoms with Gasteiger partial charge in [-0.05, 0) is 6.92 Å².